The minimum atomic E-state index is -3.72. The van der Waals surface area contributed by atoms with Gasteiger partial charge in [0.25, 0.3) is 0 Å². The molecule has 0 heterocycles. The van der Waals surface area contributed by atoms with Gasteiger partial charge in [0, 0.05) is 6.54 Å². The van der Waals surface area contributed by atoms with Crippen molar-refractivity contribution in [3.63, 3.8) is 0 Å². The molecule has 7 heteroatoms. The van der Waals surface area contributed by atoms with Crippen LogP contribution in [0.1, 0.15) is 21.5 Å². The highest BCUT2D eigenvalue weighted by Gasteiger charge is 2.18. The van der Waals surface area contributed by atoms with Gasteiger partial charge in [0.15, 0.2) is 0 Å². The number of benzene rings is 2. The van der Waals surface area contributed by atoms with Crippen LogP contribution in [-0.4, -0.2) is 34.6 Å². The first-order valence-corrected chi connectivity index (χ1v) is 9.22. The Balaban J connectivity index is 1.92. The molecule has 2 aromatic carbocycles. The van der Waals surface area contributed by atoms with E-state index in [2.05, 4.69) is 9.46 Å². The molecular weight excluding hydrogens is 342 g/mol. The number of hydrogen-bond donors (Lipinski definition) is 1. The number of rotatable bonds is 8. The Morgan fingerprint density at radius 1 is 1.12 bits per heavy atom. The summed E-state index contributed by atoms with van der Waals surface area (Å²) in [6.45, 7) is 2.51. The number of hydrogen-bond acceptors (Lipinski definition) is 5. The van der Waals surface area contributed by atoms with Crippen LogP contribution in [-0.2, 0) is 26.1 Å². The van der Waals surface area contributed by atoms with Gasteiger partial charge in [0.05, 0.1) is 30.8 Å². The van der Waals surface area contributed by atoms with Crippen LogP contribution in [0.4, 0.5) is 0 Å². The summed E-state index contributed by atoms with van der Waals surface area (Å²) < 4.78 is 37.2. The predicted molar refractivity (Wildman–Crippen MR) is 93.8 cm³/mol. The summed E-state index contributed by atoms with van der Waals surface area (Å²) in [7, 11) is -2.47. The molecule has 0 unspecified atom stereocenters. The zero-order valence-electron chi connectivity index (χ0n) is 14.2. The largest absolute Gasteiger partial charge is 0.465 e. The van der Waals surface area contributed by atoms with E-state index in [1.807, 2.05) is 30.3 Å². The minimum absolute atomic E-state index is 0.0153. The number of methoxy groups -OCH3 is 1. The van der Waals surface area contributed by atoms with Crippen molar-refractivity contribution in [3.05, 3.63) is 65.2 Å². The molecule has 134 valence electrons. The fourth-order valence-corrected chi connectivity index (χ4v) is 3.23. The van der Waals surface area contributed by atoms with Crippen molar-refractivity contribution >= 4 is 16.0 Å². The van der Waals surface area contributed by atoms with E-state index in [0.717, 1.165) is 5.56 Å². The van der Waals surface area contributed by atoms with Crippen LogP contribution < -0.4 is 4.72 Å². The number of carbonyl (C=O) groups excluding carboxylic acids is 1. The first-order chi connectivity index (χ1) is 11.9. The van der Waals surface area contributed by atoms with Crippen molar-refractivity contribution in [2.75, 3.05) is 20.3 Å². The van der Waals surface area contributed by atoms with E-state index in [1.165, 1.54) is 19.2 Å². The Morgan fingerprint density at radius 3 is 2.52 bits per heavy atom. The zero-order chi connectivity index (χ0) is 18.3. The molecule has 2 aromatic rings. The van der Waals surface area contributed by atoms with Crippen LogP contribution in [0.3, 0.4) is 0 Å². The van der Waals surface area contributed by atoms with Crippen LogP contribution in [0, 0.1) is 6.92 Å². The quantitative estimate of drug-likeness (QED) is 0.575. The Bertz CT molecular complexity index is 819. The molecule has 25 heavy (non-hydrogen) atoms. The van der Waals surface area contributed by atoms with Gasteiger partial charge in [-0.2, -0.15) is 0 Å². The molecule has 1 N–H and O–H groups in total. The van der Waals surface area contributed by atoms with Gasteiger partial charge in [-0.25, -0.2) is 17.9 Å². The Morgan fingerprint density at radius 2 is 1.84 bits per heavy atom. The number of aryl methyl sites for hydroxylation is 1. The maximum Gasteiger partial charge on any atom is 0.338 e. The monoisotopic (exact) mass is 363 g/mol. The molecule has 0 saturated carbocycles. The van der Waals surface area contributed by atoms with Crippen molar-refractivity contribution in [2.24, 2.45) is 0 Å². The van der Waals surface area contributed by atoms with E-state index in [0.29, 0.717) is 12.2 Å². The minimum Gasteiger partial charge on any atom is -0.465 e. The third-order valence-electron chi connectivity index (χ3n) is 3.57. The van der Waals surface area contributed by atoms with Gasteiger partial charge in [-0.3, -0.25) is 0 Å². The third-order valence-corrected chi connectivity index (χ3v) is 5.03. The van der Waals surface area contributed by atoms with Gasteiger partial charge in [0.1, 0.15) is 0 Å². The van der Waals surface area contributed by atoms with Crippen molar-refractivity contribution in [1.29, 1.82) is 0 Å². The summed E-state index contributed by atoms with van der Waals surface area (Å²) in [5.41, 5.74) is 1.90. The van der Waals surface area contributed by atoms with E-state index in [4.69, 9.17) is 4.74 Å². The van der Waals surface area contributed by atoms with Gasteiger partial charge in [0.2, 0.25) is 10.0 Å². The van der Waals surface area contributed by atoms with E-state index in [9.17, 15) is 13.2 Å². The summed E-state index contributed by atoms with van der Waals surface area (Å²) >= 11 is 0. The topological polar surface area (TPSA) is 81.7 Å². The number of esters is 1. The lowest BCUT2D eigenvalue weighted by Crippen LogP contribution is -2.27. The highest BCUT2D eigenvalue weighted by molar-refractivity contribution is 7.89. The molecule has 0 aliphatic rings. The van der Waals surface area contributed by atoms with Gasteiger partial charge < -0.3 is 9.47 Å². The summed E-state index contributed by atoms with van der Waals surface area (Å²) in [5.74, 6) is -0.569. The number of nitrogens with one attached hydrogen (secondary N) is 1. The molecule has 0 aliphatic heterocycles. The second-order valence-electron chi connectivity index (χ2n) is 5.40. The average Bonchev–Trinajstić information content (AvgIpc) is 2.61. The Hall–Kier alpha value is -2.22. The second kappa shape index (κ2) is 8.75. The van der Waals surface area contributed by atoms with E-state index >= 15 is 0 Å². The second-order valence-corrected chi connectivity index (χ2v) is 7.17. The SMILES string of the molecule is COC(=O)c1cc(S(=O)(=O)NCCOCc2ccccc2)ccc1C. The summed E-state index contributed by atoms with van der Waals surface area (Å²) in [5, 5.41) is 0. The summed E-state index contributed by atoms with van der Waals surface area (Å²) in [6.07, 6.45) is 0. The van der Waals surface area contributed by atoms with Crippen molar-refractivity contribution in [3.8, 4) is 0 Å². The van der Waals surface area contributed by atoms with Crippen LogP contribution >= 0.6 is 0 Å². The van der Waals surface area contributed by atoms with Crippen molar-refractivity contribution < 1.29 is 22.7 Å². The molecule has 0 saturated heterocycles. The van der Waals surface area contributed by atoms with E-state index in [1.54, 1.807) is 13.0 Å². The van der Waals surface area contributed by atoms with Crippen molar-refractivity contribution in [1.82, 2.24) is 4.72 Å². The van der Waals surface area contributed by atoms with Crippen LogP contribution in [0.25, 0.3) is 0 Å². The molecular formula is C18H21NO5S. The molecule has 0 aliphatic carbocycles. The molecule has 0 fully saturated rings. The number of carbonyl (C=O) groups is 1. The molecule has 0 aromatic heterocycles. The first kappa shape index (κ1) is 19.1. The van der Waals surface area contributed by atoms with Gasteiger partial charge in [-0.05, 0) is 30.2 Å². The standard InChI is InChI=1S/C18H21NO5S/c1-14-8-9-16(12-17(14)18(20)23-2)25(21,22)19-10-11-24-13-15-6-4-3-5-7-15/h3-9,12,19H,10-11,13H2,1-2H3. The fraction of sp³-hybridized carbons (Fsp3) is 0.278. The maximum absolute atomic E-state index is 12.3. The molecule has 0 bridgehead atoms. The van der Waals surface area contributed by atoms with E-state index < -0.39 is 16.0 Å². The molecule has 6 nitrogen and oxygen atoms in total. The van der Waals surface area contributed by atoms with Crippen LogP contribution in [0.2, 0.25) is 0 Å². The highest BCUT2D eigenvalue weighted by Crippen LogP contribution is 2.16. The summed E-state index contributed by atoms with van der Waals surface area (Å²) in [4.78, 5) is 11.7. The maximum atomic E-state index is 12.3. The van der Waals surface area contributed by atoms with Crippen LogP contribution in [0.15, 0.2) is 53.4 Å². The van der Waals surface area contributed by atoms with Crippen molar-refractivity contribution in [2.45, 2.75) is 18.4 Å². The molecule has 0 spiro atoms. The lowest BCUT2D eigenvalue weighted by molar-refractivity contribution is 0.0599. The van der Waals surface area contributed by atoms with Gasteiger partial charge in [-0.15, -0.1) is 0 Å². The lowest BCUT2D eigenvalue weighted by Gasteiger charge is -2.10. The van der Waals surface area contributed by atoms with Gasteiger partial charge >= 0.3 is 5.97 Å². The summed E-state index contributed by atoms with van der Waals surface area (Å²) in [6, 6.07) is 14.0. The molecule has 0 radical (unpaired) electrons. The lowest BCUT2D eigenvalue weighted by atomic mass is 10.1. The fourth-order valence-electron chi connectivity index (χ4n) is 2.19. The molecule has 2 rings (SSSR count). The highest BCUT2D eigenvalue weighted by atomic mass is 32.2. The molecule has 0 atom stereocenters. The smallest absolute Gasteiger partial charge is 0.338 e. The Kier molecular flexibility index (Phi) is 6.69. The number of ether oxygens (including phenoxy) is 2. The average molecular weight is 363 g/mol. The first-order valence-electron chi connectivity index (χ1n) is 7.74. The third kappa shape index (κ3) is 5.38. The zero-order valence-corrected chi connectivity index (χ0v) is 15.0. The van der Waals surface area contributed by atoms with Gasteiger partial charge in [-0.1, -0.05) is 36.4 Å². The van der Waals surface area contributed by atoms with Crippen LogP contribution in [0.5, 0.6) is 0 Å². The predicted octanol–water partition coefficient (Wildman–Crippen LogP) is 2.28. The molecule has 0 amide bonds. The Labute approximate surface area is 147 Å². The number of sulfonamides is 1. The van der Waals surface area contributed by atoms with E-state index in [-0.39, 0.29) is 23.6 Å². The normalized spacial score (nSPS) is 11.3.